The first-order chi connectivity index (χ1) is 10.1. The second-order valence-corrected chi connectivity index (χ2v) is 4.34. The van der Waals surface area contributed by atoms with Gasteiger partial charge >= 0.3 is 11.9 Å². The predicted octanol–water partition coefficient (Wildman–Crippen LogP) is 1.35. The summed E-state index contributed by atoms with van der Waals surface area (Å²) in [7, 11) is 1.14. The molecule has 0 aliphatic rings. The van der Waals surface area contributed by atoms with E-state index in [0.29, 0.717) is 0 Å². The smallest absolute Gasteiger partial charge is 0.346 e. The number of nitrogens with two attached hydrogens (primary N) is 1. The van der Waals surface area contributed by atoms with Crippen molar-refractivity contribution < 1.29 is 23.5 Å². The summed E-state index contributed by atoms with van der Waals surface area (Å²) in [6, 6.07) is 12.0. The quantitative estimate of drug-likeness (QED) is 0.660. The molecule has 0 spiro atoms. The molecule has 6 nitrogen and oxygen atoms in total. The Morgan fingerprint density at radius 2 is 1.86 bits per heavy atom. The van der Waals surface area contributed by atoms with Crippen LogP contribution in [0.2, 0.25) is 0 Å². The Bertz CT molecular complexity index is 608. The standard InChI is InChI=1S/C15H15NO5/c1-19-13(17)15(16,12-8-5-9-20-12)14(18)21-10-11-6-3-2-4-7-11/h2-9H,10,16H2,1H3. The fraction of sp³-hybridized carbons (Fsp3) is 0.200. The molecule has 1 aromatic heterocycles. The number of carbonyl (C=O) groups excluding carboxylic acids is 2. The average Bonchev–Trinajstić information content (AvgIpc) is 3.06. The first-order valence-corrected chi connectivity index (χ1v) is 6.21. The first-order valence-electron chi connectivity index (χ1n) is 6.21. The summed E-state index contributed by atoms with van der Waals surface area (Å²) in [5, 5.41) is 0. The average molecular weight is 289 g/mol. The molecule has 0 saturated carbocycles. The number of methoxy groups -OCH3 is 1. The lowest BCUT2D eigenvalue weighted by Gasteiger charge is -2.22. The number of ether oxygens (including phenoxy) is 2. The van der Waals surface area contributed by atoms with Crippen LogP contribution in [0.1, 0.15) is 11.3 Å². The van der Waals surface area contributed by atoms with Crippen molar-refractivity contribution in [1.29, 1.82) is 0 Å². The Labute approximate surface area is 121 Å². The van der Waals surface area contributed by atoms with Gasteiger partial charge < -0.3 is 13.9 Å². The molecule has 110 valence electrons. The number of furan rings is 1. The van der Waals surface area contributed by atoms with Crippen LogP contribution in [-0.4, -0.2) is 19.0 Å². The van der Waals surface area contributed by atoms with Crippen LogP contribution in [0.25, 0.3) is 0 Å². The van der Waals surface area contributed by atoms with Crippen molar-refractivity contribution in [3.05, 3.63) is 60.1 Å². The minimum Gasteiger partial charge on any atom is -0.467 e. The van der Waals surface area contributed by atoms with Gasteiger partial charge in [-0.25, -0.2) is 9.59 Å². The van der Waals surface area contributed by atoms with Crippen molar-refractivity contribution in [2.45, 2.75) is 12.1 Å². The molecule has 0 aliphatic heterocycles. The number of carbonyl (C=O) groups is 2. The SMILES string of the molecule is COC(=O)C(N)(C(=O)OCc1ccccc1)c1ccco1. The van der Waals surface area contributed by atoms with Crippen molar-refractivity contribution in [3.63, 3.8) is 0 Å². The number of hydrogen-bond acceptors (Lipinski definition) is 6. The van der Waals surface area contributed by atoms with Gasteiger partial charge in [0.15, 0.2) is 0 Å². The third kappa shape index (κ3) is 2.95. The molecule has 1 heterocycles. The molecule has 6 heteroatoms. The van der Waals surface area contributed by atoms with Crippen LogP contribution < -0.4 is 5.73 Å². The normalized spacial score (nSPS) is 13.2. The zero-order valence-electron chi connectivity index (χ0n) is 11.4. The van der Waals surface area contributed by atoms with E-state index in [0.717, 1.165) is 12.7 Å². The molecular formula is C15H15NO5. The zero-order chi connectivity index (χ0) is 15.3. The molecule has 0 aliphatic carbocycles. The van der Waals surface area contributed by atoms with E-state index in [-0.39, 0.29) is 12.4 Å². The summed E-state index contributed by atoms with van der Waals surface area (Å²) >= 11 is 0. The monoisotopic (exact) mass is 289 g/mol. The van der Waals surface area contributed by atoms with Gasteiger partial charge in [-0.3, -0.25) is 5.73 Å². The summed E-state index contributed by atoms with van der Waals surface area (Å²) in [5.74, 6) is -1.92. The van der Waals surface area contributed by atoms with Gasteiger partial charge in [-0.05, 0) is 17.7 Å². The van der Waals surface area contributed by atoms with Crippen LogP contribution in [0, 0.1) is 0 Å². The number of hydrogen-bond donors (Lipinski definition) is 1. The molecule has 0 saturated heterocycles. The number of esters is 2. The van der Waals surface area contributed by atoms with Crippen LogP contribution in [0.3, 0.4) is 0 Å². The fourth-order valence-corrected chi connectivity index (χ4v) is 1.79. The van der Waals surface area contributed by atoms with E-state index in [2.05, 4.69) is 4.74 Å². The van der Waals surface area contributed by atoms with E-state index in [4.69, 9.17) is 14.9 Å². The predicted molar refractivity (Wildman–Crippen MR) is 72.8 cm³/mol. The van der Waals surface area contributed by atoms with Gasteiger partial charge in [-0.1, -0.05) is 30.3 Å². The van der Waals surface area contributed by atoms with Crippen LogP contribution in [0.4, 0.5) is 0 Å². The second kappa shape index (κ2) is 6.23. The fourth-order valence-electron chi connectivity index (χ4n) is 1.79. The highest BCUT2D eigenvalue weighted by Crippen LogP contribution is 2.23. The highest BCUT2D eigenvalue weighted by atomic mass is 16.6. The van der Waals surface area contributed by atoms with E-state index in [1.54, 1.807) is 12.1 Å². The lowest BCUT2D eigenvalue weighted by molar-refractivity contribution is -0.165. The van der Waals surface area contributed by atoms with Gasteiger partial charge in [0.05, 0.1) is 13.4 Å². The Morgan fingerprint density at radius 3 is 2.43 bits per heavy atom. The lowest BCUT2D eigenvalue weighted by Crippen LogP contribution is -2.53. The van der Waals surface area contributed by atoms with Gasteiger partial charge in [0, 0.05) is 0 Å². The molecule has 0 amide bonds. The molecular weight excluding hydrogens is 274 g/mol. The molecule has 1 aromatic carbocycles. The van der Waals surface area contributed by atoms with Gasteiger partial charge in [0.2, 0.25) is 0 Å². The Kier molecular flexibility index (Phi) is 4.39. The lowest BCUT2D eigenvalue weighted by atomic mass is 9.98. The molecule has 2 rings (SSSR count). The summed E-state index contributed by atoms with van der Waals surface area (Å²) in [6.07, 6.45) is 1.31. The van der Waals surface area contributed by atoms with Crippen molar-refractivity contribution in [2.24, 2.45) is 5.73 Å². The summed E-state index contributed by atoms with van der Waals surface area (Å²) in [4.78, 5) is 24.1. The molecule has 0 bridgehead atoms. The van der Waals surface area contributed by atoms with Crippen molar-refractivity contribution in [3.8, 4) is 0 Å². The van der Waals surface area contributed by atoms with Gasteiger partial charge in [-0.2, -0.15) is 0 Å². The molecule has 2 N–H and O–H groups in total. The minimum absolute atomic E-state index is 0.00364. The number of rotatable bonds is 5. The maximum absolute atomic E-state index is 12.2. The van der Waals surface area contributed by atoms with Crippen molar-refractivity contribution >= 4 is 11.9 Å². The molecule has 21 heavy (non-hydrogen) atoms. The Morgan fingerprint density at radius 1 is 1.14 bits per heavy atom. The third-order valence-electron chi connectivity index (χ3n) is 2.95. The van der Waals surface area contributed by atoms with Crippen LogP contribution >= 0.6 is 0 Å². The van der Waals surface area contributed by atoms with Gasteiger partial charge in [0.25, 0.3) is 5.54 Å². The molecule has 0 fully saturated rings. The molecule has 1 unspecified atom stereocenters. The Balaban J connectivity index is 2.18. The molecule has 2 aromatic rings. The molecule has 0 radical (unpaired) electrons. The van der Waals surface area contributed by atoms with E-state index in [1.807, 2.05) is 18.2 Å². The topological polar surface area (TPSA) is 91.8 Å². The summed E-state index contributed by atoms with van der Waals surface area (Å²) in [5.41, 5.74) is 4.54. The number of benzene rings is 1. The Hall–Kier alpha value is -2.60. The highest BCUT2D eigenvalue weighted by Gasteiger charge is 2.49. The maximum atomic E-state index is 12.2. The largest absolute Gasteiger partial charge is 0.467 e. The van der Waals surface area contributed by atoms with Gasteiger partial charge in [0.1, 0.15) is 12.4 Å². The molecule has 1 atom stereocenters. The maximum Gasteiger partial charge on any atom is 0.346 e. The second-order valence-electron chi connectivity index (χ2n) is 4.34. The minimum atomic E-state index is -2.12. The van der Waals surface area contributed by atoms with Gasteiger partial charge in [-0.15, -0.1) is 0 Å². The van der Waals surface area contributed by atoms with Crippen LogP contribution in [0.5, 0.6) is 0 Å². The van der Waals surface area contributed by atoms with E-state index >= 15 is 0 Å². The van der Waals surface area contributed by atoms with Crippen LogP contribution in [0.15, 0.2) is 53.1 Å². The van der Waals surface area contributed by atoms with E-state index in [1.165, 1.54) is 18.4 Å². The summed E-state index contributed by atoms with van der Waals surface area (Å²) in [6.45, 7) is -0.00364. The zero-order valence-corrected chi connectivity index (χ0v) is 11.4. The van der Waals surface area contributed by atoms with E-state index in [9.17, 15) is 9.59 Å². The highest BCUT2D eigenvalue weighted by molar-refractivity contribution is 6.04. The summed E-state index contributed by atoms with van der Waals surface area (Å²) < 4.78 is 14.8. The first kappa shape index (κ1) is 14.8. The van der Waals surface area contributed by atoms with Crippen LogP contribution in [-0.2, 0) is 31.2 Å². The van der Waals surface area contributed by atoms with Crippen molar-refractivity contribution in [2.75, 3.05) is 7.11 Å². The van der Waals surface area contributed by atoms with Crippen molar-refractivity contribution in [1.82, 2.24) is 0 Å². The third-order valence-corrected chi connectivity index (χ3v) is 2.95. The van der Waals surface area contributed by atoms with E-state index < -0.39 is 17.5 Å².